The first-order chi connectivity index (χ1) is 8.69. The van der Waals surface area contributed by atoms with E-state index in [0.717, 1.165) is 11.7 Å². The van der Waals surface area contributed by atoms with E-state index in [-0.39, 0.29) is 0 Å². The van der Waals surface area contributed by atoms with Crippen molar-refractivity contribution in [2.75, 3.05) is 5.32 Å². The second-order valence-corrected chi connectivity index (χ2v) is 5.48. The Bertz CT molecular complexity index is 411. The summed E-state index contributed by atoms with van der Waals surface area (Å²) in [5, 5.41) is 3.49. The van der Waals surface area contributed by atoms with Crippen molar-refractivity contribution in [1.82, 2.24) is 4.98 Å². The Kier molecular flexibility index (Phi) is 4.53. The molecule has 1 aliphatic carbocycles. The summed E-state index contributed by atoms with van der Waals surface area (Å²) in [5.41, 5.74) is 6.29. The van der Waals surface area contributed by atoms with Gasteiger partial charge in [0.2, 0.25) is 0 Å². The summed E-state index contributed by atoms with van der Waals surface area (Å²) in [6, 6.07) is 6.32. The van der Waals surface area contributed by atoms with E-state index in [9.17, 15) is 0 Å². The van der Waals surface area contributed by atoms with Crippen molar-refractivity contribution in [3.8, 4) is 0 Å². The van der Waals surface area contributed by atoms with Crippen LogP contribution in [0.2, 0.25) is 0 Å². The van der Waals surface area contributed by atoms with Crippen LogP contribution in [0, 0.1) is 5.92 Å². The molecule has 1 aromatic rings. The number of nitrogens with zero attached hydrogens (tertiary/aromatic N) is 1. The number of hydrogen-bond acceptors (Lipinski definition) is 3. The van der Waals surface area contributed by atoms with Gasteiger partial charge in [-0.1, -0.05) is 31.6 Å². The van der Waals surface area contributed by atoms with E-state index in [1.165, 1.54) is 32.1 Å². The summed E-state index contributed by atoms with van der Waals surface area (Å²) in [7, 11) is 0. The van der Waals surface area contributed by atoms with Gasteiger partial charge in [0, 0.05) is 6.04 Å². The van der Waals surface area contributed by atoms with Crippen LogP contribution in [-0.2, 0) is 0 Å². The number of pyridine rings is 1. The summed E-state index contributed by atoms with van der Waals surface area (Å²) in [5.74, 6) is 1.80. The molecular weight excluding hydrogens is 242 g/mol. The zero-order valence-corrected chi connectivity index (χ0v) is 11.7. The van der Waals surface area contributed by atoms with Gasteiger partial charge in [-0.05, 0) is 43.7 Å². The van der Waals surface area contributed by atoms with Gasteiger partial charge in [-0.2, -0.15) is 0 Å². The third-order valence-corrected chi connectivity index (χ3v) is 3.99. The molecule has 1 heterocycles. The molecule has 0 spiro atoms. The van der Waals surface area contributed by atoms with E-state index in [4.69, 9.17) is 18.0 Å². The minimum Gasteiger partial charge on any atom is -0.388 e. The maximum atomic E-state index is 5.59. The fourth-order valence-electron chi connectivity index (χ4n) is 2.58. The van der Waals surface area contributed by atoms with Crippen LogP contribution < -0.4 is 11.1 Å². The van der Waals surface area contributed by atoms with Gasteiger partial charge in [-0.15, -0.1) is 0 Å². The Balaban J connectivity index is 1.94. The first-order valence-electron chi connectivity index (χ1n) is 6.72. The third kappa shape index (κ3) is 3.42. The van der Waals surface area contributed by atoms with Gasteiger partial charge in [0.15, 0.2) is 0 Å². The highest BCUT2D eigenvalue weighted by Crippen LogP contribution is 2.28. The quantitative estimate of drug-likeness (QED) is 0.820. The summed E-state index contributed by atoms with van der Waals surface area (Å²) < 4.78 is 0. The predicted octanol–water partition coefficient (Wildman–Crippen LogP) is 3.10. The van der Waals surface area contributed by atoms with Crippen molar-refractivity contribution in [3.05, 3.63) is 23.9 Å². The number of anilines is 1. The molecule has 1 saturated carbocycles. The molecule has 0 aromatic carbocycles. The van der Waals surface area contributed by atoms with E-state index >= 15 is 0 Å². The molecule has 98 valence electrons. The highest BCUT2D eigenvalue weighted by atomic mass is 32.1. The van der Waals surface area contributed by atoms with Crippen LogP contribution in [0.25, 0.3) is 0 Å². The molecule has 0 aliphatic heterocycles. The largest absolute Gasteiger partial charge is 0.388 e. The van der Waals surface area contributed by atoms with Crippen molar-refractivity contribution in [1.29, 1.82) is 0 Å². The molecule has 0 bridgehead atoms. The molecule has 0 radical (unpaired) electrons. The van der Waals surface area contributed by atoms with Crippen LogP contribution in [0.3, 0.4) is 0 Å². The molecule has 0 atom stereocenters. The van der Waals surface area contributed by atoms with Gasteiger partial charge in [0.05, 0.1) is 5.69 Å². The summed E-state index contributed by atoms with van der Waals surface area (Å²) in [6.45, 7) is 2.28. The standard InChI is InChI=1S/C14H21N3S/c1-2-10-6-8-11(9-7-10)16-13-5-3-4-12(17-13)14(15)18/h3-5,10-11H,2,6-9H2,1H3,(H2,15,18)(H,16,17). The Hall–Kier alpha value is -1.16. The molecule has 3 N–H and O–H groups in total. The first-order valence-corrected chi connectivity index (χ1v) is 7.13. The topological polar surface area (TPSA) is 50.9 Å². The SMILES string of the molecule is CCC1CCC(Nc2cccc(C(N)=S)n2)CC1. The molecule has 18 heavy (non-hydrogen) atoms. The van der Waals surface area contributed by atoms with Gasteiger partial charge in [0.25, 0.3) is 0 Å². The number of thiocarbonyl (C=S) groups is 1. The van der Waals surface area contributed by atoms with E-state index in [0.29, 0.717) is 16.7 Å². The van der Waals surface area contributed by atoms with Crippen molar-refractivity contribution < 1.29 is 0 Å². The van der Waals surface area contributed by atoms with E-state index < -0.39 is 0 Å². The number of nitrogens with one attached hydrogen (secondary N) is 1. The van der Waals surface area contributed by atoms with Crippen LogP contribution >= 0.6 is 12.2 Å². The summed E-state index contributed by atoms with van der Waals surface area (Å²) in [4.78, 5) is 4.78. The number of aromatic nitrogens is 1. The van der Waals surface area contributed by atoms with Crippen molar-refractivity contribution in [2.45, 2.75) is 45.1 Å². The van der Waals surface area contributed by atoms with Gasteiger partial charge in [-0.25, -0.2) is 4.98 Å². The van der Waals surface area contributed by atoms with Gasteiger partial charge < -0.3 is 11.1 Å². The molecule has 1 fully saturated rings. The van der Waals surface area contributed by atoms with Crippen molar-refractivity contribution in [2.24, 2.45) is 11.7 Å². The fraction of sp³-hybridized carbons (Fsp3) is 0.571. The van der Waals surface area contributed by atoms with Crippen LogP contribution in [-0.4, -0.2) is 16.0 Å². The highest BCUT2D eigenvalue weighted by molar-refractivity contribution is 7.80. The van der Waals surface area contributed by atoms with E-state index in [1.54, 1.807) is 0 Å². The second kappa shape index (κ2) is 6.14. The normalized spacial score (nSPS) is 23.6. The van der Waals surface area contributed by atoms with Crippen LogP contribution in [0.15, 0.2) is 18.2 Å². The Labute approximate surface area is 114 Å². The summed E-state index contributed by atoms with van der Waals surface area (Å²) in [6.07, 6.45) is 6.42. The molecule has 0 amide bonds. The lowest BCUT2D eigenvalue weighted by Crippen LogP contribution is -2.26. The molecule has 4 heteroatoms. The minimum atomic E-state index is 0.355. The lowest BCUT2D eigenvalue weighted by molar-refractivity contribution is 0.330. The number of rotatable bonds is 4. The molecular formula is C14H21N3S. The highest BCUT2D eigenvalue weighted by Gasteiger charge is 2.19. The Morgan fingerprint density at radius 3 is 2.72 bits per heavy atom. The molecule has 0 saturated heterocycles. The fourth-order valence-corrected chi connectivity index (χ4v) is 2.69. The van der Waals surface area contributed by atoms with Crippen LogP contribution in [0.1, 0.15) is 44.7 Å². The molecule has 1 aromatic heterocycles. The molecule has 0 unspecified atom stereocenters. The number of hydrogen-bond donors (Lipinski definition) is 2. The van der Waals surface area contributed by atoms with Crippen molar-refractivity contribution in [3.63, 3.8) is 0 Å². The van der Waals surface area contributed by atoms with E-state index in [1.807, 2.05) is 18.2 Å². The summed E-state index contributed by atoms with van der Waals surface area (Å²) >= 11 is 4.94. The lowest BCUT2D eigenvalue weighted by Gasteiger charge is -2.28. The zero-order valence-electron chi connectivity index (χ0n) is 10.9. The Morgan fingerprint density at radius 1 is 1.39 bits per heavy atom. The maximum absolute atomic E-state index is 5.59. The molecule has 2 rings (SSSR count). The van der Waals surface area contributed by atoms with Crippen LogP contribution in [0.4, 0.5) is 5.82 Å². The second-order valence-electron chi connectivity index (χ2n) is 5.04. The average molecular weight is 263 g/mol. The lowest BCUT2D eigenvalue weighted by atomic mass is 9.84. The van der Waals surface area contributed by atoms with Gasteiger partial charge >= 0.3 is 0 Å². The first kappa shape index (κ1) is 13.3. The van der Waals surface area contributed by atoms with E-state index in [2.05, 4.69) is 17.2 Å². The smallest absolute Gasteiger partial charge is 0.126 e. The molecule has 3 nitrogen and oxygen atoms in total. The predicted molar refractivity (Wildman–Crippen MR) is 79.8 cm³/mol. The zero-order chi connectivity index (χ0) is 13.0. The molecule has 1 aliphatic rings. The monoisotopic (exact) mass is 263 g/mol. The van der Waals surface area contributed by atoms with Gasteiger partial charge in [0.1, 0.15) is 10.8 Å². The average Bonchev–Trinajstić information content (AvgIpc) is 2.40. The Morgan fingerprint density at radius 2 is 2.11 bits per heavy atom. The van der Waals surface area contributed by atoms with Crippen LogP contribution in [0.5, 0.6) is 0 Å². The third-order valence-electron chi connectivity index (χ3n) is 3.78. The maximum Gasteiger partial charge on any atom is 0.126 e. The number of nitrogens with two attached hydrogens (primary N) is 1. The van der Waals surface area contributed by atoms with Crippen molar-refractivity contribution >= 4 is 23.0 Å². The minimum absolute atomic E-state index is 0.355. The van der Waals surface area contributed by atoms with Gasteiger partial charge in [-0.3, -0.25) is 0 Å².